The van der Waals surface area contributed by atoms with Gasteiger partial charge in [-0.15, -0.1) is 0 Å². The van der Waals surface area contributed by atoms with Gasteiger partial charge in [0.1, 0.15) is 0 Å². The van der Waals surface area contributed by atoms with E-state index in [-0.39, 0.29) is 0 Å². The summed E-state index contributed by atoms with van der Waals surface area (Å²) in [4.78, 5) is 7.33. The van der Waals surface area contributed by atoms with Gasteiger partial charge in [-0.05, 0) is 113 Å². The molecule has 1 aromatic heterocycles. The molecule has 0 aliphatic carbocycles. The molecule has 0 aliphatic heterocycles. The van der Waals surface area contributed by atoms with Crippen molar-refractivity contribution in [3.05, 3.63) is 61.2 Å². The Kier molecular flexibility index (Phi) is 9.34. The molecule has 5 heteroatoms. The third-order valence-corrected chi connectivity index (χ3v) is 6.78. The molecule has 3 aromatic rings. The van der Waals surface area contributed by atoms with Crippen LogP contribution >= 0.6 is 45.2 Å². The largest absolute Gasteiger partial charge is 0.387 e. The fraction of sp³-hybridized carbons (Fsp3) is 0.400. The lowest BCUT2D eigenvalue weighted by Crippen LogP contribution is -2.31. The highest BCUT2D eigenvalue weighted by molar-refractivity contribution is 14.1. The number of benzene rings is 2. The Bertz CT molecular complexity index is 951. The third-order valence-electron chi connectivity index (χ3n) is 5.39. The number of halogens is 2. The van der Waals surface area contributed by atoms with Crippen LogP contribution in [0, 0.1) is 7.14 Å². The van der Waals surface area contributed by atoms with E-state index >= 15 is 0 Å². The molecule has 0 spiro atoms. The first-order chi connectivity index (χ1) is 14.5. The van der Waals surface area contributed by atoms with E-state index in [0.29, 0.717) is 6.54 Å². The summed E-state index contributed by atoms with van der Waals surface area (Å²) in [6.45, 7) is 7.19. The van der Waals surface area contributed by atoms with Crippen molar-refractivity contribution < 1.29 is 5.11 Å². The predicted molar refractivity (Wildman–Crippen MR) is 144 cm³/mol. The summed E-state index contributed by atoms with van der Waals surface area (Å²) >= 11 is 4.65. The maximum absolute atomic E-state index is 11.3. The minimum absolute atomic E-state index is 0.537. The van der Waals surface area contributed by atoms with Crippen LogP contribution in [0.4, 0.5) is 0 Å². The zero-order chi connectivity index (χ0) is 21.5. The average Bonchev–Trinajstić information content (AvgIpc) is 2.75. The molecule has 1 unspecified atom stereocenters. The van der Waals surface area contributed by atoms with Crippen LogP contribution in [0.15, 0.2) is 48.5 Å². The van der Waals surface area contributed by atoms with Crippen LogP contribution < -0.4 is 0 Å². The first-order valence-corrected chi connectivity index (χ1v) is 12.9. The fourth-order valence-corrected chi connectivity index (χ4v) is 4.52. The summed E-state index contributed by atoms with van der Waals surface area (Å²) in [7, 11) is 0. The summed E-state index contributed by atoms with van der Waals surface area (Å²) < 4.78 is 2.36. The number of nitrogens with zero attached hydrogens (tertiary/aromatic N) is 2. The van der Waals surface area contributed by atoms with Gasteiger partial charge in [-0.1, -0.05) is 38.8 Å². The first kappa shape index (κ1) is 23.9. The highest BCUT2D eigenvalue weighted by Crippen LogP contribution is 2.30. The van der Waals surface area contributed by atoms with Crippen molar-refractivity contribution in [1.82, 2.24) is 9.88 Å². The van der Waals surface area contributed by atoms with E-state index in [0.717, 1.165) is 44.4 Å². The highest BCUT2D eigenvalue weighted by Gasteiger charge is 2.18. The standard InChI is InChI=1S/C25H30I2N2O/c1-3-5-13-29(14-6-4-2)17-25(30)22-16-24(18-7-9-19(26)10-8-18)28-23-12-11-20(27)15-21(22)23/h7-12,15-16,25,30H,3-6,13-14,17H2,1-2H3. The lowest BCUT2D eigenvalue weighted by Gasteiger charge is -2.26. The number of aliphatic hydroxyl groups excluding tert-OH is 1. The van der Waals surface area contributed by atoms with E-state index in [4.69, 9.17) is 4.98 Å². The van der Waals surface area contributed by atoms with Gasteiger partial charge in [-0.25, -0.2) is 4.98 Å². The van der Waals surface area contributed by atoms with Crippen molar-refractivity contribution in [2.45, 2.75) is 45.6 Å². The molecule has 3 rings (SSSR count). The maximum Gasteiger partial charge on any atom is 0.0924 e. The van der Waals surface area contributed by atoms with E-state index < -0.39 is 6.10 Å². The second kappa shape index (κ2) is 11.7. The lowest BCUT2D eigenvalue weighted by atomic mass is 9.99. The molecule has 0 fully saturated rings. The molecule has 30 heavy (non-hydrogen) atoms. The number of hydrogen-bond acceptors (Lipinski definition) is 3. The van der Waals surface area contributed by atoms with Gasteiger partial charge in [0.2, 0.25) is 0 Å². The van der Waals surface area contributed by atoms with Crippen LogP contribution in [-0.2, 0) is 0 Å². The van der Waals surface area contributed by atoms with Gasteiger partial charge in [0.25, 0.3) is 0 Å². The fourth-order valence-electron chi connectivity index (χ4n) is 3.67. The lowest BCUT2D eigenvalue weighted by molar-refractivity contribution is 0.112. The van der Waals surface area contributed by atoms with Crippen LogP contribution in [0.3, 0.4) is 0 Å². The van der Waals surface area contributed by atoms with Crippen molar-refractivity contribution in [3.63, 3.8) is 0 Å². The SMILES string of the molecule is CCCCN(CCCC)CC(O)c1cc(-c2ccc(I)cc2)nc2ccc(I)cc12. The zero-order valence-electron chi connectivity index (χ0n) is 17.7. The molecule has 0 bridgehead atoms. The summed E-state index contributed by atoms with van der Waals surface area (Å²) in [5, 5.41) is 12.4. The number of fused-ring (bicyclic) bond motifs is 1. The molecule has 1 heterocycles. The molecule has 0 aliphatic rings. The van der Waals surface area contributed by atoms with Gasteiger partial charge in [-0.2, -0.15) is 0 Å². The predicted octanol–water partition coefficient (Wildman–Crippen LogP) is 7.05. The Morgan fingerprint density at radius 3 is 2.17 bits per heavy atom. The van der Waals surface area contributed by atoms with Gasteiger partial charge < -0.3 is 10.0 Å². The summed E-state index contributed by atoms with van der Waals surface area (Å²) in [5.74, 6) is 0. The monoisotopic (exact) mass is 628 g/mol. The van der Waals surface area contributed by atoms with Gasteiger partial charge in [0, 0.05) is 24.6 Å². The zero-order valence-corrected chi connectivity index (χ0v) is 22.1. The second-order valence-electron chi connectivity index (χ2n) is 7.79. The third kappa shape index (κ3) is 6.37. The number of unbranched alkanes of at least 4 members (excludes halogenated alkanes) is 2. The van der Waals surface area contributed by atoms with E-state index in [1.807, 2.05) is 0 Å². The first-order valence-electron chi connectivity index (χ1n) is 10.8. The molecule has 0 saturated heterocycles. The Labute approximate surface area is 207 Å². The normalized spacial score (nSPS) is 12.6. The molecule has 1 N–H and O–H groups in total. The van der Waals surface area contributed by atoms with Crippen molar-refractivity contribution in [3.8, 4) is 11.3 Å². The number of rotatable bonds is 10. The molecule has 160 valence electrons. The number of pyridine rings is 1. The molecule has 0 saturated carbocycles. The van der Waals surface area contributed by atoms with E-state index in [9.17, 15) is 5.11 Å². The van der Waals surface area contributed by atoms with Crippen molar-refractivity contribution in [1.29, 1.82) is 0 Å². The number of aromatic nitrogens is 1. The maximum atomic E-state index is 11.3. The minimum Gasteiger partial charge on any atom is -0.387 e. The Hall–Kier alpha value is -0.770. The quantitative estimate of drug-likeness (QED) is 0.245. The Morgan fingerprint density at radius 1 is 0.900 bits per heavy atom. The van der Waals surface area contributed by atoms with Crippen LogP contribution in [0.25, 0.3) is 22.2 Å². The van der Waals surface area contributed by atoms with Crippen molar-refractivity contribution >= 4 is 56.1 Å². The Morgan fingerprint density at radius 2 is 1.53 bits per heavy atom. The van der Waals surface area contributed by atoms with Crippen LogP contribution in [-0.4, -0.2) is 34.6 Å². The molecule has 1 atom stereocenters. The van der Waals surface area contributed by atoms with E-state index in [2.05, 4.69) is 112 Å². The summed E-state index contributed by atoms with van der Waals surface area (Å²) in [6, 6.07) is 16.8. The molecule has 2 aromatic carbocycles. The van der Waals surface area contributed by atoms with Crippen LogP contribution in [0.5, 0.6) is 0 Å². The van der Waals surface area contributed by atoms with E-state index in [1.165, 1.54) is 29.3 Å². The average molecular weight is 628 g/mol. The topological polar surface area (TPSA) is 36.4 Å². The van der Waals surface area contributed by atoms with Gasteiger partial charge in [0.15, 0.2) is 0 Å². The minimum atomic E-state index is -0.537. The summed E-state index contributed by atoms with van der Waals surface area (Å²) in [5.41, 5.74) is 3.92. The molecular formula is C25H30I2N2O. The number of aliphatic hydroxyl groups is 1. The number of hydrogen-bond donors (Lipinski definition) is 1. The van der Waals surface area contributed by atoms with Crippen LogP contribution in [0.2, 0.25) is 0 Å². The Balaban J connectivity index is 1.98. The molecule has 0 amide bonds. The second-order valence-corrected chi connectivity index (χ2v) is 10.3. The van der Waals surface area contributed by atoms with Crippen molar-refractivity contribution in [2.24, 2.45) is 0 Å². The molecule has 3 nitrogen and oxygen atoms in total. The van der Waals surface area contributed by atoms with Crippen molar-refractivity contribution in [2.75, 3.05) is 19.6 Å². The molecule has 0 radical (unpaired) electrons. The van der Waals surface area contributed by atoms with Crippen LogP contribution in [0.1, 0.15) is 51.2 Å². The highest BCUT2D eigenvalue weighted by atomic mass is 127. The van der Waals surface area contributed by atoms with E-state index in [1.54, 1.807) is 0 Å². The molecular weight excluding hydrogens is 598 g/mol. The smallest absolute Gasteiger partial charge is 0.0924 e. The van der Waals surface area contributed by atoms with Gasteiger partial charge in [-0.3, -0.25) is 0 Å². The summed E-state index contributed by atoms with van der Waals surface area (Å²) in [6.07, 6.45) is 4.14. The van der Waals surface area contributed by atoms with Gasteiger partial charge >= 0.3 is 0 Å². The van der Waals surface area contributed by atoms with Gasteiger partial charge in [0.05, 0.1) is 17.3 Å².